The summed E-state index contributed by atoms with van der Waals surface area (Å²) in [5.74, 6) is 1.69. The van der Waals surface area contributed by atoms with Crippen LogP contribution in [0.3, 0.4) is 0 Å². The summed E-state index contributed by atoms with van der Waals surface area (Å²) in [6, 6.07) is 49.3. The van der Waals surface area contributed by atoms with E-state index in [1.807, 2.05) is 84.9 Å². The summed E-state index contributed by atoms with van der Waals surface area (Å²) in [5.41, 5.74) is 5.82. The highest BCUT2D eigenvalue weighted by molar-refractivity contribution is 6.34. The molecule has 0 spiro atoms. The molecule has 0 bridgehead atoms. The smallest absolute Gasteiger partial charge is 0.164 e. The molecule has 2 aromatic heterocycles. The minimum atomic E-state index is 0.0481. The quantitative estimate of drug-likeness (QED) is 0.121. The Morgan fingerprint density at radius 1 is 0.617 bits per heavy atom. The lowest BCUT2D eigenvalue weighted by Gasteiger charge is -2.14. The molecule has 0 atom stereocenters. The van der Waals surface area contributed by atoms with Gasteiger partial charge in [-0.05, 0) is 59.3 Å². The normalized spacial score (nSPS) is 11.4. The van der Waals surface area contributed by atoms with Crippen molar-refractivity contribution in [3.63, 3.8) is 0 Å². The molecule has 0 radical (unpaired) electrons. The third-order valence-corrected chi connectivity index (χ3v) is 8.79. The van der Waals surface area contributed by atoms with Crippen LogP contribution in [0.2, 0.25) is 0 Å². The average molecular weight is 601 g/mol. The number of hydrogen-bond donors (Lipinski definition) is 1. The van der Waals surface area contributed by atoms with Crippen LogP contribution in [0.4, 0.5) is 0 Å². The summed E-state index contributed by atoms with van der Waals surface area (Å²) in [6.45, 7) is 3.72. The van der Waals surface area contributed by atoms with Crippen LogP contribution in [0.25, 0.3) is 83.2 Å². The molecular formula is C41H24N6. The molecule has 0 saturated carbocycles. The van der Waals surface area contributed by atoms with Gasteiger partial charge in [-0.25, -0.2) is 19.9 Å². The van der Waals surface area contributed by atoms with Crippen molar-refractivity contribution in [2.24, 2.45) is 4.99 Å². The molecule has 0 saturated heterocycles. The van der Waals surface area contributed by atoms with Crippen molar-refractivity contribution >= 4 is 55.9 Å². The predicted molar refractivity (Wildman–Crippen MR) is 191 cm³/mol. The Labute approximate surface area is 270 Å². The summed E-state index contributed by atoms with van der Waals surface area (Å²) < 4.78 is 2.16. The van der Waals surface area contributed by atoms with Crippen LogP contribution in [0.1, 0.15) is 5.56 Å². The van der Waals surface area contributed by atoms with Crippen LogP contribution in [0.15, 0.2) is 132 Å². The molecule has 47 heavy (non-hydrogen) atoms. The number of benzene rings is 6. The monoisotopic (exact) mass is 600 g/mol. The molecule has 0 fully saturated rings. The molecule has 1 N–H and O–H groups in total. The van der Waals surface area contributed by atoms with Crippen molar-refractivity contribution in [1.82, 2.24) is 19.5 Å². The zero-order valence-corrected chi connectivity index (χ0v) is 25.1. The van der Waals surface area contributed by atoms with Gasteiger partial charge in [0.25, 0.3) is 0 Å². The van der Waals surface area contributed by atoms with Gasteiger partial charge in [0.2, 0.25) is 0 Å². The molecule has 6 nitrogen and oxygen atoms in total. The van der Waals surface area contributed by atoms with Gasteiger partial charge in [0.15, 0.2) is 23.3 Å². The van der Waals surface area contributed by atoms with E-state index in [9.17, 15) is 0 Å². The van der Waals surface area contributed by atoms with E-state index >= 15 is 0 Å². The lowest BCUT2D eigenvalue weighted by Crippen LogP contribution is -2.06. The molecule has 218 valence electrons. The van der Waals surface area contributed by atoms with Gasteiger partial charge in [0.05, 0.1) is 11.2 Å². The number of amidine groups is 1. The van der Waals surface area contributed by atoms with E-state index in [0.29, 0.717) is 23.0 Å². The highest BCUT2D eigenvalue weighted by Gasteiger charge is 2.22. The number of nitrogens with zero attached hydrogens (tertiary/aromatic N) is 5. The lowest BCUT2D eigenvalue weighted by atomic mass is 9.95. The van der Waals surface area contributed by atoms with Crippen molar-refractivity contribution in [2.45, 2.75) is 0 Å². The van der Waals surface area contributed by atoms with Crippen LogP contribution in [-0.4, -0.2) is 32.1 Å². The summed E-state index contributed by atoms with van der Waals surface area (Å²) in [4.78, 5) is 18.7. The van der Waals surface area contributed by atoms with Gasteiger partial charge in [-0.15, -0.1) is 0 Å². The van der Waals surface area contributed by atoms with Gasteiger partial charge >= 0.3 is 0 Å². The van der Waals surface area contributed by atoms with E-state index < -0.39 is 0 Å². The second-order valence-electron chi connectivity index (χ2n) is 11.4. The van der Waals surface area contributed by atoms with E-state index in [4.69, 9.17) is 20.4 Å². The second-order valence-corrected chi connectivity index (χ2v) is 11.4. The van der Waals surface area contributed by atoms with Gasteiger partial charge in [0, 0.05) is 38.4 Å². The number of rotatable bonds is 5. The van der Waals surface area contributed by atoms with Crippen molar-refractivity contribution < 1.29 is 0 Å². The maximum absolute atomic E-state index is 8.94. The Kier molecular flexibility index (Phi) is 5.92. The van der Waals surface area contributed by atoms with E-state index in [1.165, 1.54) is 16.2 Å². The molecule has 0 amide bonds. The summed E-state index contributed by atoms with van der Waals surface area (Å²) in [5, 5.41) is 15.9. The largest absolute Gasteiger partial charge is 0.301 e. The molecule has 9 rings (SSSR count). The maximum atomic E-state index is 8.94. The average Bonchev–Trinajstić information content (AvgIpc) is 3.49. The van der Waals surface area contributed by atoms with E-state index in [0.717, 1.165) is 49.6 Å². The molecule has 6 heteroatoms. The van der Waals surface area contributed by atoms with Crippen LogP contribution >= 0.6 is 0 Å². The van der Waals surface area contributed by atoms with Gasteiger partial charge in [-0.3, -0.25) is 5.41 Å². The Morgan fingerprint density at radius 3 is 1.87 bits per heavy atom. The summed E-state index contributed by atoms with van der Waals surface area (Å²) in [6.07, 6.45) is 0. The predicted octanol–water partition coefficient (Wildman–Crippen LogP) is 9.34. The molecule has 9 aromatic rings. The van der Waals surface area contributed by atoms with Crippen LogP contribution < -0.4 is 0 Å². The summed E-state index contributed by atoms with van der Waals surface area (Å²) >= 11 is 0. The highest BCUT2D eigenvalue weighted by Crippen LogP contribution is 2.43. The Morgan fingerprint density at radius 2 is 1.21 bits per heavy atom. The lowest BCUT2D eigenvalue weighted by molar-refractivity contribution is 1.07. The first kappa shape index (κ1) is 26.7. The number of fused-ring (bicyclic) bond motifs is 3. The van der Waals surface area contributed by atoms with Crippen molar-refractivity contribution in [3.8, 4) is 39.9 Å². The molecule has 0 aliphatic carbocycles. The fourth-order valence-corrected chi connectivity index (χ4v) is 6.69. The topological polar surface area (TPSA) is 79.8 Å². The SMILES string of the molecule is C=NC(=N)c1cc(-c2nc(-c3ccccc3)nc(-c3ccccc3)n2)ccc1-n1c2c#ccc3c4ccccc4c4cccc1c4c32. The number of aromatic nitrogens is 4. The number of hydrogen-bond acceptors (Lipinski definition) is 4. The fraction of sp³-hybridized carbons (Fsp3) is 0. The second kappa shape index (κ2) is 10.4. The van der Waals surface area contributed by atoms with Crippen molar-refractivity contribution in [1.29, 1.82) is 5.41 Å². The molecule has 0 unspecified atom stereocenters. The minimum absolute atomic E-state index is 0.0481. The van der Waals surface area contributed by atoms with Gasteiger partial charge < -0.3 is 4.57 Å². The van der Waals surface area contributed by atoms with Gasteiger partial charge in [-0.2, -0.15) is 0 Å². The first-order chi connectivity index (χ1) is 23.2. The molecule has 0 aliphatic heterocycles. The van der Waals surface area contributed by atoms with Crippen molar-refractivity contribution in [3.05, 3.63) is 145 Å². The minimum Gasteiger partial charge on any atom is -0.301 e. The van der Waals surface area contributed by atoms with Crippen LogP contribution in [0, 0.1) is 17.5 Å². The number of nitrogens with one attached hydrogen (secondary N) is 1. The first-order valence-corrected chi connectivity index (χ1v) is 15.3. The fourth-order valence-electron chi connectivity index (χ4n) is 6.69. The zero-order valence-electron chi connectivity index (χ0n) is 25.1. The third kappa shape index (κ3) is 4.11. The van der Waals surface area contributed by atoms with E-state index in [1.54, 1.807) is 0 Å². The third-order valence-electron chi connectivity index (χ3n) is 8.79. The Balaban J connectivity index is 1.31. The Hall–Kier alpha value is -6.71. The molecule has 7 aromatic carbocycles. The van der Waals surface area contributed by atoms with Gasteiger partial charge in [-0.1, -0.05) is 103 Å². The molecular weight excluding hydrogens is 576 g/mol. The van der Waals surface area contributed by atoms with Crippen LogP contribution in [0.5, 0.6) is 0 Å². The molecule has 2 heterocycles. The Bertz CT molecular complexity index is 2510. The maximum Gasteiger partial charge on any atom is 0.164 e. The van der Waals surface area contributed by atoms with Crippen molar-refractivity contribution in [2.75, 3.05) is 0 Å². The van der Waals surface area contributed by atoms with E-state index in [2.05, 4.69) is 70.9 Å². The van der Waals surface area contributed by atoms with E-state index in [-0.39, 0.29) is 5.84 Å². The standard InChI is InChI=1S/C41H24N6/c1-43-38(42)32-24-27(41-45-39(25-12-4-2-5-13-25)44-40(46-41)26-14-6-3-7-15-26)22-23-33(32)47-34-20-10-18-30-28-16-8-9-17-29(28)31-19-11-21-35(47)37(31)36(30)34/h2-10,12-20,22-24,42H,1H2. The summed E-state index contributed by atoms with van der Waals surface area (Å²) in [7, 11) is 0. The van der Waals surface area contributed by atoms with Crippen LogP contribution in [-0.2, 0) is 0 Å². The zero-order chi connectivity index (χ0) is 31.5. The highest BCUT2D eigenvalue weighted by atomic mass is 15.0. The first-order valence-electron chi connectivity index (χ1n) is 15.3. The van der Waals surface area contributed by atoms with Gasteiger partial charge in [0.1, 0.15) is 5.52 Å². The molecule has 0 aliphatic rings. The number of aliphatic imine (C=N–C) groups is 1.